The van der Waals surface area contributed by atoms with Crippen molar-refractivity contribution in [2.75, 3.05) is 24.6 Å². The highest BCUT2D eigenvalue weighted by Crippen LogP contribution is 2.22. The molecule has 0 spiro atoms. The van der Waals surface area contributed by atoms with Crippen LogP contribution in [0, 0.1) is 5.92 Å². The van der Waals surface area contributed by atoms with Gasteiger partial charge >= 0.3 is 6.09 Å². The number of anilines is 1. The number of ether oxygens (including phenoxy) is 1. The first-order valence-electron chi connectivity index (χ1n) is 7.98. The van der Waals surface area contributed by atoms with Crippen LogP contribution in [0.25, 0.3) is 0 Å². The summed E-state index contributed by atoms with van der Waals surface area (Å²) in [5, 5.41) is 13.4. The van der Waals surface area contributed by atoms with E-state index in [2.05, 4.69) is 26.1 Å². The molecule has 2 N–H and O–H groups in total. The maximum atomic E-state index is 11.5. The summed E-state index contributed by atoms with van der Waals surface area (Å²) in [4.78, 5) is 13.2. The van der Waals surface area contributed by atoms with Gasteiger partial charge < -0.3 is 15.2 Å². The molecule has 0 radical (unpaired) electrons. The molecule has 5 heteroatoms. The van der Waals surface area contributed by atoms with Crippen LogP contribution in [0.4, 0.5) is 10.5 Å². The first-order chi connectivity index (χ1) is 10.5. The Morgan fingerprint density at radius 3 is 2.55 bits per heavy atom. The van der Waals surface area contributed by atoms with Crippen LogP contribution < -0.4 is 10.2 Å². The third-order valence-electron chi connectivity index (χ3n) is 4.40. The molecule has 0 aliphatic carbocycles. The fraction of sp³-hybridized carbons (Fsp3) is 0.588. The Bertz CT molecular complexity index is 489. The molecule has 5 nitrogen and oxygen atoms in total. The van der Waals surface area contributed by atoms with Gasteiger partial charge in [-0.2, -0.15) is 0 Å². The first-order valence-corrected chi connectivity index (χ1v) is 7.98. The molecule has 3 atom stereocenters. The second-order valence-corrected chi connectivity index (χ2v) is 5.94. The van der Waals surface area contributed by atoms with Gasteiger partial charge in [0.05, 0.1) is 12.6 Å². The van der Waals surface area contributed by atoms with Crippen LogP contribution in [0.15, 0.2) is 24.3 Å². The number of carbonyl (C=O) groups is 1. The number of cyclic esters (lactones) is 1. The van der Waals surface area contributed by atoms with E-state index in [1.54, 1.807) is 4.90 Å². The maximum Gasteiger partial charge on any atom is 0.414 e. The Balaban J connectivity index is 1.91. The molecule has 1 aromatic rings. The molecule has 1 fully saturated rings. The van der Waals surface area contributed by atoms with Crippen LogP contribution in [-0.2, 0) is 4.74 Å². The molecule has 1 saturated heterocycles. The summed E-state index contributed by atoms with van der Waals surface area (Å²) in [7, 11) is 0. The van der Waals surface area contributed by atoms with Gasteiger partial charge in [0.1, 0.15) is 6.61 Å². The summed E-state index contributed by atoms with van der Waals surface area (Å²) in [6.45, 7) is 7.85. The van der Waals surface area contributed by atoms with Crippen molar-refractivity contribution < 1.29 is 14.6 Å². The number of hydrogen-bond donors (Lipinski definition) is 2. The predicted octanol–water partition coefficient (Wildman–Crippen LogP) is 2.70. The Morgan fingerprint density at radius 1 is 1.32 bits per heavy atom. The highest BCUT2D eigenvalue weighted by Gasteiger charge is 2.23. The third kappa shape index (κ3) is 3.99. The number of nitrogens with zero attached hydrogens (tertiary/aromatic N) is 1. The van der Waals surface area contributed by atoms with E-state index in [1.807, 2.05) is 24.3 Å². The van der Waals surface area contributed by atoms with Gasteiger partial charge in [0.2, 0.25) is 0 Å². The van der Waals surface area contributed by atoms with Crippen LogP contribution in [0.2, 0.25) is 0 Å². The van der Waals surface area contributed by atoms with Gasteiger partial charge in [-0.1, -0.05) is 32.4 Å². The number of aliphatic hydroxyl groups is 1. The Morgan fingerprint density at radius 2 is 2.00 bits per heavy atom. The average molecular weight is 306 g/mol. The zero-order chi connectivity index (χ0) is 16.1. The van der Waals surface area contributed by atoms with E-state index < -0.39 is 0 Å². The lowest BCUT2D eigenvalue weighted by Crippen LogP contribution is -2.33. The zero-order valence-electron chi connectivity index (χ0n) is 13.6. The first kappa shape index (κ1) is 16.8. The molecule has 3 unspecified atom stereocenters. The predicted molar refractivity (Wildman–Crippen MR) is 87.0 cm³/mol. The number of benzene rings is 1. The monoisotopic (exact) mass is 306 g/mol. The lowest BCUT2D eigenvalue weighted by atomic mass is 10.0. The van der Waals surface area contributed by atoms with Gasteiger partial charge in [-0.15, -0.1) is 0 Å². The normalized spacial score (nSPS) is 18.9. The summed E-state index contributed by atoms with van der Waals surface area (Å²) in [5.41, 5.74) is 1.99. The number of aliphatic hydroxyl groups excluding tert-OH is 1. The van der Waals surface area contributed by atoms with Crippen LogP contribution in [0.5, 0.6) is 0 Å². The quantitative estimate of drug-likeness (QED) is 0.813. The SMILES string of the molecule is CCC(C)C(O)CNC(C)c1ccc(N2CCOC2=O)cc1. The minimum absolute atomic E-state index is 0.151. The van der Waals surface area contributed by atoms with Crippen molar-refractivity contribution in [2.45, 2.75) is 39.3 Å². The summed E-state index contributed by atoms with van der Waals surface area (Å²) < 4.78 is 4.94. The number of nitrogens with one attached hydrogen (secondary N) is 1. The van der Waals surface area contributed by atoms with E-state index in [1.165, 1.54) is 0 Å². The summed E-state index contributed by atoms with van der Waals surface area (Å²) >= 11 is 0. The van der Waals surface area contributed by atoms with E-state index in [0.29, 0.717) is 25.6 Å². The van der Waals surface area contributed by atoms with E-state index in [0.717, 1.165) is 17.7 Å². The van der Waals surface area contributed by atoms with Crippen molar-refractivity contribution in [3.8, 4) is 0 Å². The van der Waals surface area contributed by atoms with Crippen molar-refractivity contribution >= 4 is 11.8 Å². The van der Waals surface area contributed by atoms with E-state index >= 15 is 0 Å². The Hall–Kier alpha value is -1.59. The largest absolute Gasteiger partial charge is 0.447 e. The van der Waals surface area contributed by atoms with Gasteiger partial charge in [-0.25, -0.2) is 4.79 Å². The van der Waals surface area contributed by atoms with Crippen LogP contribution >= 0.6 is 0 Å². The molecular weight excluding hydrogens is 280 g/mol. The average Bonchev–Trinajstić information content (AvgIpc) is 2.97. The van der Waals surface area contributed by atoms with Gasteiger partial charge in [0.25, 0.3) is 0 Å². The fourth-order valence-electron chi connectivity index (χ4n) is 2.46. The molecule has 22 heavy (non-hydrogen) atoms. The number of hydrogen-bond acceptors (Lipinski definition) is 4. The van der Waals surface area contributed by atoms with E-state index in [4.69, 9.17) is 4.74 Å². The van der Waals surface area contributed by atoms with Crippen molar-refractivity contribution in [2.24, 2.45) is 5.92 Å². The number of amides is 1. The van der Waals surface area contributed by atoms with Crippen molar-refractivity contribution in [3.05, 3.63) is 29.8 Å². The fourth-order valence-corrected chi connectivity index (χ4v) is 2.46. The molecular formula is C17H26N2O3. The summed E-state index contributed by atoms with van der Waals surface area (Å²) in [6, 6.07) is 8.04. The van der Waals surface area contributed by atoms with Crippen molar-refractivity contribution in [3.63, 3.8) is 0 Å². The van der Waals surface area contributed by atoms with Gasteiger partial charge in [-0.3, -0.25) is 4.90 Å². The minimum atomic E-state index is -0.328. The van der Waals surface area contributed by atoms with Crippen LogP contribution in [0.1, 0.15) is 38.8 Å². The smallest absolute Gasteiger partial charge is 0.414 e. The molecule has 1 aromatic carbocycles. The molecule has 2 rings (SSSR count). The summed E-state index contributed by atoms with van der Waals surface area (Å²) in [6.07, 6.45) is 0.361. The van der Waals surface area contributed by atoms with Gasteiger partial charge in [-0.05, 0) is 30.5 Å². The lowest BCUT2D eigenvalue weighted by molar-refractivity contribution is 0.110. The molecule has 0 saturated carbocycles. The Labute approximate surface area is 132 Å². The van der Waals surface area contributed by atoms with E-state index in [-0.39, 0.29) is 18.2 Å². The second kappa shape index (κ2) is 7.61. The third-order valence-corrected chi connectivity index (χ3v) is 4.40. The molecule has 1 heterocycles. The number of rotatable bonds is 7. The molecule has 1 amide bonds. The van der Waals surface area contributed by atoms with Crippen molar-refractivity contribution in [1.29, 1.82) is 0 Å². The standard InChI is InChI=1S/C17H26N2O3/c1-4-12(2)16(20)11-18-13(3)14-5-7-15(8-6-14)19-9-10-22-17(19)21/h5-8,12-13,16,18,20H,4,9-11H2,1-3H3. The highest BCUT2D eigenvalue weighted by atomic mass is 16.6. The van der Waals surface area contributed by atoms with Gasteiger partial charge in [0.15, 0.2) is 0 Å². The molecule has 1 aliphatic heterocycles. The molecule has 0 bridgehead atoms. The number of carbonyl (C=O) groups excluding carboxylic acids is 1. The van der Waals surface area contributed by atoms with E-state index in [9.17, 15) is 9.90 Å². The van der Waals surface area contributed by atoms with Crippen LogP contribution in [0.3, 0.4) is 0 Å². The molecule has 0 aromatic heterocycles. The van der Waals surface area contributed by atoms with Crippen molar-refractivity contribution in [1.82, 2.24) is 5.32 Å². The summed E-state index contributed by atoms with van der Waals surface area (Å²) in [5.74, 6) is 0.295. The Kier molecular flexibility index (Phi) is 5.80. The lowest BCUT2D eigenvalue weighted by Gasteiger charge is -2.21. The van der Waals surface area contributed by atoms with Gasteiger partial charge in [0, 0.05) is 18.3 Å². The maximum absolute atomic E-state index is 11.5. The molecule has 1 aliphatic rings. The minimum Gasteiger partial charge on any atom is -0.447 e. The second-order valence-electron chi connectivity index (χ2n) is 5.94. The highest BCUT2D eigenvalue weighted by molar-refractivity contribution is 5.89. The molecule has 122 valence electrons. The van der Waals surface area contributed by atoms with Crippen LogP contribution in [-0.4, -0.2) is 37.0 Å². The topological polar surface area (TPSA) is 61.8 Å². The zero-order valence-corrected chi connectivity index (χ0v) is 13.6.